The highest BCUT2D eigenvalue weighted by atomic mass is 79.9. The predicted octanol–water partition coefficient (Wildman–Crippen LogP) is 6.00. The van der Waals surface area contributed by atoms with Crippen molar-refractivity contribution in [1.82, 2.24) is 10.4 Å². The number of rotatable bonds is 7. The van der Waals surface area contributed by atoms with Gasteiger partial charge in [-0.3, -0.25) is 4.79 Å². The second kappa shape index (κ2) is 10.5. The summed E-state index contributed by atoms with van der Waals surface area (Å²) in [4.78, 5) is 16.1. The Bertz CT molecular complexity index is 1340. The summed E-state index contributed by atoms with van der Waals surface area (Å²) in [6.07, 6.45) is 3.01. The number of ether oxygens (including phenoxy) is 2. The molecule has 0 saturated heterocycles. The number of aromatic nitrogens is 1. The van der Waals surface area contributed by atoms with E-state index in [1.807, 2.05) is 24.3 Å². The summed E-state index contributed by atoms with van der Waals surface area (Å²) in [6, 6.07) is 21.2. The number of nitrogens with one attached hydrogen (secondary N) is 1. The van der Waals surface area contributed by atoms with Crippen molar-refractivity contribution in [3.63, 3.8) is 0 Å². The van der Waals surface area contributed by atoms with Crippen molar-refractivity contribution in [2.75, 3.05) is 7.11 Å². The molecule has 8 heteroatoms. The van der Waals surface area contributed by atoms with E-state index in [-0.39, 0.29) is 10.7 Å². The molecule has 33 heavy (non-hydrogen) atoms. The molecule has 1 aromatic heterocycles. The summed E-state index contributed by atoms with van der Waals surface area (Å²) < 4.78 is 12.3. The van der Waals surface area contributed by atoms with Crippen LogP contribution in [0.2, 0.25) is 5.15 Å². The first kappa shape index (κ1) is 22.8. The fraction of sp³-hybridized carbons (Fsp3) is 0.0800. The van der Waals surface area contributed by atoms with Gasteiger partial charge in [0.1, 0.15) is 11.8 Å². The smallest absolute Gasteiger partial charge is 0.274 e. The van der Waals surface area contributed by atoms with Crippen molar-refractivity contribution in [3.8, 4) is 11.5 Å². The lowest BCUT2D eigenvalue weighted by Crippen LogP contribution is -2.18. The third-order valence-electron chi connectivity index (χ3n) is 4.83. The van der Waals surface area contributed by atoms with Gasteiger partial charge in [-0.05, 0) is 68.2 Å². The number of hydrogen-bond donors (Lipinski definition) is 1. The van der Waals surface area contributed by atoms with Crippen LogP contribution in [0.4, 0.5) is 0 Å². The summed E-state index contributed by atoms with van der Waals surface area (Å²) in [5.74, 6) is 0.660. The van der Waals surface area contributed by atoms with Gasteiger partial charge in [0.05, 0.1) is 23.4 Å². The number of amides is 1. The van der Waals surface area contributed by atoms with Crippen LogP contribution in [0.25, 0.3) is 10.8 Å². The molecule has 0 radical (unpaired) electrons. The SMILES string of the molecule is COc1cc(C=NNC(=O)c2cccnc2Cl)cc(Br)c1OCc1ccc2ccccc2c1. The number of hydrazone groups is 1. The summed E-state index contributed by atoms with van der Waals surface area (Å²) in [5, 5.41) is 6.45. The van der Waals surface area contributed by atoms with E-state index in [0.29, 0.717) is 28.1 Å². The van der Waals surface area contributed by atoms with Crippen molar-refractivity contribution in [1.29, 1.82) is 0 Å². The number of fused-ring (bicyclic) bond motifs is 1. The minimum atomic E-state index is -0.453. The Labute approximate surface area is 204 Å². The fourth-order valence-electron chi connectivity index (χ4n) is 3.22. The normalized spacial score (nSPS) is 11.0. The lowest BCUT2D eigenvalue weighted by molar-refractivity contribution is 0.0955. The highest BCUT2D eigenvalue weighted by Gasteiger charge is 2.13. The quantitative estimate of drug-likeness (QED) is 0.183. The molecule has 1 N–H and O–H groups in total. The van der Waals surface area contributed by atoms with Crippen molar-refractivity contribution >= 4 is 50.4 Å². The van der Waals surface area contributed by atoms with E-state index < -0.39 is 5.91 Å². The number of carbonyl (C=O) groups is 1. The Hall–Kier alpha value is -3.42. The molecule has 6 nitrogen and oxygen atoms in total. The highest BCUT2D eigenvalue weighted by Crippen LogP contribution is 2.37. The standard InChI is InChI=1S/C25H19BrClN3O3/c1-32-22-13-17(14-29-30-25(31)20-7-4-10-28-24(20)27)12-21(26)23(22)33-15-16-8-9-18-5-2-3-6-19(18)11-16/h2-14H,15H2,1H3,(H,30,31). The first-order chi connectivity index (χ1) is 16.0. The molecule has 4 rings (SSSR count). The van der Waals surface area contributed by atoms with Crippen molar-refractivity contribution in [2.45, 2.75) is 6.61 Å². The van der Waals surface area contributed by atoms with E-state index >= 15 is 0 Å². The molecule has 0 fully saturated rings. The molecule has 0 atom stereocenters. The Balaban J connectivity index is 1.46. The Morgan fingerprint density at radius 1 is 1.12 bits per heavy atom. The average Bonchev–Trinajstić information content (AvgIpc) is 2.83. The molecule has 0 spiro atoms. The molecule has 0 bridgehead atoms. The van der Waals surface area contributed by atoms with Gasteiger partial charge in [0.25, 0.3) is 5.91 Å². The maximum atomic E-state index is 12.2. The summed E-state index contributed by atoms with van der Waals surface area (Å²) in [6.45, 7) is 0.384. The van der Waals surface area contributed by atoms with Crippen LogP contribution < -0.4 is 14.9 Å². The Kier molecular flexibility index (Phi) is 7.22. The number of carbonyl (C=O) groups excluding carboxylic acids is 1. The van der Waals surface area contributed by atoms with E-state index in [1.54, 1.807) is 25.3 Å². The van der Waals surface area contributed by atoms with Crippen LogP contribution in [-0.2, 0) is 6.61 Å². The second-order valence-corrected chi connectivity index (χ2v) is 8.26. The first-order valence-corrected chi connectivity index (χ1v) is 11.1. The van der Waals surface area contributed by atoms with Crippen molar-refractivity contribution in [3.05, 3.63) is 99.2 Å². The number of nitrogens with zero attached hydrogens (tertiary/aromatic N) is 2. The van der Waals surface area contributed by atoms with Crippen LogP contribution in [0.3, 0.4) is 0 Å². The molecule has 1 heterocycles. The van der Waals surface area contributed by atoms with Crippen molar-refractivity contribution < 1.29 is 14.3 Å². The molecule has 166 valence electrons. The second-order valence-electron chi connectivity index (χ2n) is 7.05. The van der Waals surface area contributed by atoms with Gasteiger partial charge < -0.3 is 9.47 Å². The summed E-state index contributed by atoms with van der Waals surface area (Å²) in [7, 11) is 1.57. The van der Waals surface area contributed by atoms with Crippen LogP contribution in [0.5, 0.6) is 11.5 Å². The van der Waals surface area contributed by atoms with Crippen LogP contribution >= 0.6 is 27.5 Å². The molecule has 0 unspecified atom stereocenters. The van der Waals surface area contributed by atoms with Gasteiger partial charge in [-0.25, -0.2) is 10.4 Å². The molecule has 0 aliphatic rings. The van der Waals surface area contributed by atoms with Gasteiger partial charge in [0.2, 0.25) is 0 Å². The third-order valence-corrected chi connectivity index (χ3v) is 5.72. The monoisotopic (exact) mass is 523 g/mol. The molecule has 0 saturated carbocycles. The number of halogens is 2. The van der Waals surface area contributed by atoms with Crippen LogP contribution in [-0.4, -0.2) is 24.2 Å². The average molecular weight is 525 g/mol. The van der Waals surface area contributed by atoms with Gasteiger partial charge >= 0.3 is 0 Å². The number of pyridine rings is 1. The summed E-state index contributed by atoms with van der Waals surface area (Å²) in [5.41, 5.74) is 4.43. The van der Waals surface area contributed by atoms with Gasteiger partial charge in [0.15, 0.2) is 11.5 Å². The maximum absolute atomic E-state index is 12.2. The van der Waals surface area contributed by atoms with Crippen LogP contribution in [0.15, 0.2) is 82.5 Å². The maximum Gasteiger partial charge on any atom is 0.274 e. The van der Waals surface area contributed by atoms with Gasteiger partial charge in [-0.1, -0.05) is 48.0 Å². The van der Waals surface area contributed by atoms with E-state index in [9.17, 15) is 4.79 Å². The van der Waals surface area contributed by atoms with E-state index in [1.165, 1.54) is 17.8 Å². The zero-order valence-corrected chi connectivity index (χ0v) is 19.9. The van der Waals surface area contributed by atoms with Crippen molar-refractivity contribution in [2.24, 2.45) is 5.10 Å². The largest absolute Gasteiger partial charge is 0.493 e. The van der Waals surface area contributed by atoms with Crippen LogP contribution in [0, 0.1) is 0 Å². The number of methoxy groups -OCH3 is 1. The van der Waals surface area contributed by atoms with Gasteiger partial charge in [-0.15, -0.1) is 0 Å². The zero-order chi connectivity index (χ0) is 23.2. The molecule has 0 aliphatic heterocycles. The molecule has 4 aromatic rings. The minimum absolute atomic E-state index is 0.113. The lowest BCUT2D eigenvalue weighted by Gasteiger charge is -2.14. The van der Waals surface area contributed by atoms with E-state index in [0.717, 1.165) is 10.9 Å². The Morgan fingerprint density at radius 3 is 2.73 bits per heavy atom. The van der Waals surface area contributed by atoms with Gasteiger partial charge in [0, 0.05) is 6.20 Å². The van der Waals surface area contributed by atoms with Gasteiger partial charge in [-0.2, -0.15) is 5.10 Å². The third kappa shape index (κ3) is 5.50. The summed E-state index contributed by atoms with van der Waals surface area (Å²) >= 11 is 9.47. The lowest BCUT2D eigenvalue weighted by atomic mass is 10.1. The Morgan fingerprint density at radius 2 is 1.94 bits per heavy atom. The number of benzene rings is 3. The topological polar surface area (TPSA) is 72.8 Å². The first-order valence-electron chi connectivity index (χ1n) is 9.97. The zero-order valence-electron chi connectivity index (χ0n) is 17.6. The molecule has 0 aliphatic carbocycles. The molecular weight excluding hydrogens is 506 g/mol. The molecule has 3 aromatic carbocycles. The highest BCUT2D eigenvalue weighted by molar-refractivity contribution is 9.10. The predicted molar refractivity (Wildman–Crippen MR) is 133 cm³/mol. The molecule has 1 amide bonds. The van der Waals surface area contributed by atoms with E-state index in [4.69, 9.17) is 21.1 Å². The van der Waals surface area contributed by atoms with E-state index in [2.05, 4.69) is 55.7 Å². The van der Waals surface area contributed by atoms with Crippen LogP contribution in [0.1, 0.15) is 21.5 Å². The fourth-order valence-corrected chi connectivity index (χ4v) is 4.00. The number of hydrogen-bond acceptors (Lipinski definition) is 5. The minimum Gasteiger partial charge on any atom is -0.493 e. The molecular formula is C25H19BrClN3O3.